The summed E-state index contributed by atoms with van der Waals surface area (Å²) in [5, 5.41) is 0. The standard InChI is InChI=1S/C15H22N2O2/c1-4-17(11-12(2)3)15(18)9-10-19-14-7-5-13(16)6-8-14/h5-8H,2,4,9-11,16H2,1,3H3. The average Bonchev–Trinajstić information content (AvgIpc) is 2.38. The Morgan fingerprint density at radius 1 is 1.37 bits per heavy atom. The van der Waals surface area contributed by atoms with Gasteiger partial charge in [-0.25, -0.2) is 0 Å². The van der Waals surface area contributed by atoms with Gasteiger partial charge in [0.2, 0.25) is 5.91 Å². The van der Waals surface area contributed by atoms with Gasteiger partial charge in [-0.15, -0.1) is 0 Å². The Labute approximate surface area is 114 Å². The zero-order valence-electron chi connectivity index (χ0n) is 11.7. The summed E-state index contributed by atoms with van der Waals surface area (Å²) in [5.74, 6) is 0.811. The molecule has 0 aliphatic rings. The Bertz CT molecular complexity index is 426. The first kappa shape index (κ1) is 15.1. The number of carbonyl (C=O) groups excluding carboxylic acids is 1. The van der Waals surface area contributed by atoms with E-state index in [0.717, 1.165) is 11.3 Å². The SMILES string of the molecule is C=C(C)CN(CC)C(=O)CCOc1ccc(N)cc1. The van der Waals surface area contributed by atoms with Crippen LogP contribution in [0.25, 0.3) is 0 Å². The molecule has 0 aliphatic heterocycles. The molecule has 0 radical (unpaired) electrons. The van der Waals surface area contributed by atoms with E-state index in [9.17, 15) is 4.79 Å². The molecule has 1 rings (SSSR count). The van der Waals surface area contributed by atoms with E-state index in [1.807, 2.05) is 13.8 Å². The number of nitrogens with zero attached hydrogens (tertiary/aromatic N) is 1. The predicted octanol–water partition coefficient (Wildman–Crippen LogP) is 2.46. The van der Waals surface area contributed by atoms with Crippen molar-refractivity contribution in [1.82, 2.24) is 4.90 Å². The Hall–Kier alpha value is -1.97. The van der Waals surface area contributed by atoms with Crippen LogP contribution in [0.1, 0.15) is 20.3 Å². The van der Waals surface area contributed by atoms with Gasteiger partial charge in [-0.05, 0) is 38.1 Å². The van der Waals surface area contributed by atoms with Crippen LogP contribution in [-0.2, 0) is 4.79 Å². The van der Waals surface area contributed by atoms with Gasteiger partial charge in [0.15, 0.2) is 0 Å². The summed E-state index contributed by atoms with van der Waals surface area (Å²) in [6.45, 7) is 9.37. The highest BCUT2D eigenvalue weighted by Crippen LogP contribution is 2.13. The summed E-state index contributed by atoms with van der Waals surface area (Å²) in [7, 11) is 0. The van der Waals surface area contributed by atoms with Gasteiger partial charge in [-0.3, -0.25) is 4.79 Å². The maximum atomic E-state index is 11.9. The summed E-state index contributed by atoms with van der Waals surface area (Å²) in [4.78, 5) is 13.7. The first-order valence-electron chi connectivity index (χ1n) is 6.43. The minimum Gasteiger partial charge on any atom is -0.493 e. The van der Waals surface area contributed by atoms with E-state index < -0.39 is 0 Å². The number of anilines is 1. The Balaban J connectivity index is 2.37. The van der Waals surface area contributed by atoms with E-state index in [1.54, 1.807) is 29.2 Å². The van der Waals surface area contributed by atoms with Crippen molar-refractivity contribution in [2.24, 2.45) is 0 Å². The van der Waals surface area contributed by atoms with Crippen LogP contribution in [0.3, 0.4) is 0 Å². The molecule has 4 nitrogen and oxygen atoms in total. The predicted molar refractivity (Wildman–Crippen MR) is 78.0 cm³/mol. The molecule has 0 bridgehead atoms. The summed E-state index contributed by atoms with van der Waals surface area (Å²) in [5.41, 5.74) is 7.26. The molecule has 0 atom stereocenters. The normalized spacial score (nSPS) is 10.0. The fraction of sp³-hybridized carbons (Fsp3) is 0.400. The van der Waals surface area contributed by atoms with Crippen molar-refractivity contribution >= 4 is 11.6 Å². The third-order valence-electron chi connectivity index (χ3n) is 2.66. The van der Waals surface area contributed by atoms with Crippen LogP contribution >= 0.6 is 0 Å². The van der Waals surface area contributed by atoms with Gasteiger partial charge in [0.25, 0.3) is 0 Å². The number of likely N-dealkylation sites (N-methyl/N-ethyl adjacent to an activating group) is 1. The fourth-order valence-corrected chi connectivity index (χ4v) is 1.68. The fourth-order valence-electron chi connectivity index (χ4n) is 1.68. The third kappa shape index (κ3) is 5.46. The first-order chi connectivity index (χ1) is 9.02. The summed E-state index contributed by atoms with van der Waals surface area (Å²) >= 11 is 0. The van der Waals surface area contributed by atoms with Crippen LogP contribution in [0.4, 0.5) is 5.69 Å². The monoisotopic (exact) mass is 262 g/mol. The summed E-state index contributed by atoms with van der Waals surface area (Å²) in [6, 6.07) is 7.14. The molecule has 0 aliphatic carbocycles. The molecular weight excluding hydrogens is 240 g/mol. The van der Waals surface area contributed by atoms with Crippen molar-refractivity contribution in [1.29, 1.82) is 0 Å². The van der Waals surface area contributed by atoms with Crippen molar-refractivity contribution in [3.8, 4) is 5.75 Å². The molecule has 0 saturated heterocycles. The van der Waals surface area contributed by atoms with Gasteiger partial charge in [0.1, 0.15) is 5.75 Å². The van der Waals surface area contributed by atoms with E-state index in [-0.39, 0.29) is 5.91 Å². The number of hydrogen-bond donors (Lipinski definition) is 1. The molecule has 4 heteroatoms. The number of nitrogen functional groups attached to an aromatic ring is 1. The van der Waals surface area contributed by atoms with Gasteiger partial charge in [-0.1, -0.05) is 12.2 Å². The second kappa shape index (κ2) is 7.46. The topological polar surface area (TPSA) is 55.6 Å². The molecule has 1 amide bonds. The van der Waals surface area contributed by atoms with Crippen molar-refractivity contribution in [3.63, 3.8) is 0 Å². The van der Waals surface area contributed by atoms with Gasteiger partial charge < -0.3 is 15.4 Å². The Morgan fingerprint density at radius 2 is 2.00 bits per heavy atom. The first-order valence-corrected chi connectivity index (χ1v) is 6.43. The lowest BCUT2D eigenvalue weighted by Gasteiger charge is -2.21. The molecule has 0 spiro atoms. The second-order valence-corrected chi connectivity index (χ2v) is 4.53. The van der Waals surface area contributed by atoms with Crippen LogP contribution in [0.15, 0.2) is 36.4 Å². The van der Waals surface area contributed by atoms with Gasteiger partial charge in [0, 0.05) is 18.8 Å². The molecule has 104 valence electrons. The largest absolute Gasteiger partial charge is 0.493 e. The van der Waals surface area contributed by atoms with Gasteiger partial charge >= 0.3 is 0 Å². The minimum absolute atomic E-state index is 0.0842. The molecule has 0 heterocycles. The van der Waals surface area contributed by atoms with Crippen LogP contribution < -0.4 is 10.5 Å². The van der Waals surface area contributed by atoms with Gasteiger partial charge in [-0.2, -0.15) is 0 Å². The lowest BCUT2D eigenvalue weighted by molar-refractivity contribution is -0.131. The third-order valence-corrected chi connectivity index (χ3v) is 2.66. The maximum absolute atomic E-state index is 11.9. The van der Waals surface area contributed by atoms with E-state index in [1.165, 1.54) is 0 Å². The van der Waals surface area contributed by atoms with E-state index in [2.05, 4.69) is 6.58 Å². The molecule has 0 aromatic heterocycles. The molecule has 1 aromatic rings. The number of ether oxygens (including phenoxy) is 1. The number of hydrogen-bond acceptors (Lipinski definition) is 3. The van der Waals surface area contributed by atoms with Crippen LogP contribution in [0, 0.1) is 0 Å². The lowest BCUT2D eigenvalue weighted by Crippen LogP contribution is -2.33. The summed E-state index contributed by atoms with van der Waals surface area (Å²) < 4.78 is 5.51. The minimum atomic E-state index is 0.0842. The van der Waals surface area contributed by atoms with Crippen LogP contribution in [0.5, 0.6) is 5.75 Å². The molecular formula is C15H22N2O2. The number of rotatable bonds is 7. The highest BCUT2D eigenvalue weighted by Gasteiger charge is 2.11. The highest BCUT2D eigenvalue weighted by atomic mass is 16.5. The summed E-state index contributed by atoms with van der Waals surface area (Å²) in [6.07, 6.45) is 0.367. The molecule has 0 fully saturated rings. The van der Waals surface area contributed by atoms with Gasteiger partial charge in [0.05, 0.1) is 13.0 Å². The number of nitrogens with two attached hydrogens (primary N) is 1. The molecule has 0 saturated carbocycles. The quantitative estimate of drug-likeness (QED) is 0.606. The molecule has 1 aromatic carbocycles. The number of carbonyl (C=O) groups is 1. The van der Waals surface area contributed by atoms with Crippen molar-refractivity contribution in [2.45, 2.75) is 20.3 Å². The average molecular weight is 262 g/mol. The zero-order chi connectivity index (χ0) is 14.3. The Morgan fingerprint density at radius 3 is 2.53 bits per heavy atom. The molecule has 19 heavy (non-hydrogen) atoms. The van der Waals surface area contributed by atoms with Crippen molar-refractivity contribution in [2.75, 3.05) is 25.4 Å². The van der Waals surface area contributed by atoms with Crippen molar-refractivity contribution < 1.29 is 9.53 Å². The number of benzene rings is 1. The van der Waals surface area contributed by atoms with Crippen LogP contribution in [-0.4, -0.2) is 30.5 Å². The highest BCUT2D eigenvalue weighted by molar-refractivity contribution is 5.76. The van der Waals surface area contributed by atoms with E-state index in [4.69, 9.17) is 10.5 Å². The number of amides is 1. The molecule has 2 N–H and O–H groups in total. The smallest absolute Gasteiger partial charge is 0.226 e. The lowest BCUT2D eigenvalue weighted by atomic mass is 10.3. The van der Waals surface area contributed by atoms with E-state index in [0.29, 0.717) is 31.8 Å². The van der Waals surface area contributed by atoms with E-state index >= 15 is 0 Å². The maximum Gasteiger partial charge on any atom is 0.226 e. The van der Waals surface area contributed by atoms with Crippen molar-refractivity contribution in [3.05, 3.63) is 36.4 Å². The molecule has 0 unspecified atom stereocenters. The Kier molecular flexibility index (Phi) is 5.93. The zero-order valence-corrected chi connectivity index (χ0v) is 11.7. The van der Waals surface area contributed by atoms with Crippen LogP contribution in [0.2, 0.25) is 0 Å². The second-order valence-electron chi connectivity index (χ2n) is 4.53.